The van der Waals surface area contributed by atoms with Gasteiger partial charge in [0.05, 0.1) is 23.4 Å². The number of nitrogens with zero attached hydrogens (tertiary/aromatic N) is 5. The zero-order valence-corrected chi connectivity index (χ0v) is 24.0. The lowest BCUT2D eigenvalue weighted by Crippen LogP contribution is -2.50. The highest BCUT2D eigenvalue weighted by Gasteiger charge is 2.46. The minimum atomic E-state index is -3.31. The number of anilines is 1. The van der Waals surface area contributed by atoms with Crippen LogP contribution in [0.4, 0.5) is 5.82 Å². The third-order valence-electron chi connectivity index (χ3n) is 8.43. The summed E-state index contributed by atoms with van der Waals surface area (Å²) in [7, 11) is -1.48. The number of hydrogen-bond donors (Lipinski definition) is 2. The van der Waals surface area contributed by atoms with E-state index in [0.29, 0.717) is 25.7 Å². The summed E-state index contributed by atoms with van der Waals surface area (Å²) in [6.45, 7) is 5.70. The summed E-state index contributed by atoms with van der Waals surface area (Å²) < 4.78 is 28.1. The Morgan fingerprint density at radius 3 is 2.51 bits per heavy atom. The summed E-state index contributed by atoms with van der Waals surface area (Å²) in [6, 6.07) is 11.5. The Bertz CT molecular complexity index is 1450. The highest BCUT2D eigenvalue weighted by Crippen LogP contribution is 2.42. The number of carbonyl (C=O) groups is 1. The molecule has 2 aromatic heterocycles. The van der Waals surface area contributed by atoms with Crippen molar-refractivity contribution in [1.82, 2.24) is 24.2 Å². The lowest BCUT2D eigenvalue weighted by atomic mass is 9.67. The number of rotatable bonds is 7. The van der Waals surface area contributed by atoms with Gasteiger partial charge in [-0.05, 0) is 51.5 Å². The molecule has 0 spiro atoms. The summed E-state index contributed by atoms with van der Waals surface area (Å²) in [4.78, 5) is 23.2. The van der Waals surface area contributed by atoms with Crippen molar-refractivity contribution in [1.29, 1.82) is 0 Å². The zero-order chi connectivity index (χ0) is 27.9. The van der Waals surface area contributed by atoms with E-state index in [0.717, 1.165) is 47.8 Å². The minimum Gasteiger partial charge on any atom is -0.355 e. The average molecular weight is 554 g/mol. The summed E-state index contributed by atoms with van der Waals surface area (Å²) in [5.41, 5.74) is 8.90. The number of carbonyl (C=O) groups excluding carboxylic acids is 1. The molecule has 1 amide bonds. The summed E-state index contributed by atoms with van der Waals surface area (Å²) in [6.07, 6.45) is 6.43. The molecule has 5 rings (SSSR count). The molecule has 11 heteroatoms. The van der Waals surface area contributed by atoms with Crippen molar-refractivity contribution in [2.24, 2.45) is 5.73 Å². The quantitative estimate of drug-likeness (QED) is 0.460. The molecule has 0 unspecified atom stereocenters. The molecule has 10 nitrogen and oxygen atoms in total. The SMILES string of the molecule is Cc1cn2nc([C@H](C)N(C)C(=O)C3(c4ccccc4)CCC(NS(C)(=O)=O)CC3)cc2nc1N1CC[C@H](N)C1. The maximum atomic E-state index is 14.3. The van der Waals surface area contributed by atoms with Gasteiger partial charge in [-0.2, -0.15) is 5.10 Å². The maximum absolute atomic E-state index is 14.3. The van der Waals surface area contributed by atoms with E-state index in [1.807, 2.05) is 63.5 Å². The summed E-state index contributed by atoms with van der Waals surface area (Å²) in [5, 5.41) is 4.79. The number of amides is 1. The van der Waals surface area contributed by atoms with Gasteiger partial charge < -0.3 is 15.5 Å². The molecule has 1 saturated heterocycles. The Labute approximate surface area is 230 Å². The van der Waals surface area contributed by atoms with Crippen LogP contribution in [0.2, 0.25) is 0 Å². The number of fused-ring (bicyclic) bond motifs is 1. The van der Waals surface area contributed by atoms with E-state index in [1.54, 1.807) is 9.42 Å². The van der Waals surface area contributed by atoms with E-state index >= 15 is 0 Å². The minimum absolute atomic E-state index is 0.0203. The molecule has 1 aliphatic heterocycles. The van der Waals surface area contributed by atoms with E-state index in [-0.39, 0.29) is 24.0 Å². The second kappa shape index (κ2) is 10.5. The van der Waals surface area contributed by atoms with E-state index in [1.165, 1.54) is 6.26 Å². The lowest BCUT2D eigenvalue weighted by molar-refractivity contribution is -0.139. The number of nitrogens with two attached hydrogens (primary N) is 1. The molecule has 3 aromatic rings. The number of sulfonamides is 1. The van der Waals surface area contributed by atoms with Crippen LogP contribution in [0.3, 0.4) is 0 Å². The fourth-order valence-corrected chi connectivity index (χ4v) is 6.99. The third kappa shape index (κ3) is 5.53. The van der Waals surface area contributed by atoms with Gasteiger partial charge in [0, 0.05) is 50.0 Å². The van der Waals surface area contributed by atoms with Crippen LogP contribution < -0.4 is 15.4 Å². The van der Waals surface area contributed by atoms with E-state index < -0.39 is 15.4 Å². The van der Waals surface area contributed by atoms with Gasteiger partial charge in [-0.1, -0.05) is 30.3 Å². The highest BCUT2D eigenvalue weighted by atomic mass is 32.2. The van der Waals surface area contributed by atoms with Crippen LogP contribution in [0, 0.1) is 6.92 Å². The van der Waals surface area contributed by atoms with E-state index in [2.05, 4.69) is 9.62 Å². The predicted molar refractivity (Wildman–Crippen MR) is 152 cm³/mol. The number of hydrogen-bond acceptors (Lipinski definition) is 7. The number of likely N-dealkylation sites (N-methyl/N-ethyl adjacent to an activating group) is 1. The first-order valence-corrected chi connectivity index (χ1v) is 15.5. The van der Waals surface area contributed by atoms with E-state index in [9.17, 15) is 13.2 Å². The van der Waals surface area contributed by atoms with Gasteiger partial charge in [-0.15, -0.1) is 0 Å². The molecule has 0 radical (unpaired) electrons. The molecule has 39 heavy (non-hydrogen) atoms. The van der Waals surface area contributed by atoms with Crippen LogP contribution >= 0.6 is 0 Å². The van der Waals surface area contributed by atoms with Crippen molar-refractivity contribution in [2.45, 2.75) is 69.5 Å². The van der Waals surface area contributed by atoms with Crippen molar-refractivity contribution >= 4 is 27.4 Å². The average Bonchev–Trinajstić information content (AvgIpc) is 3.52. The number of nitrogens with one attached hydrogen (secondary N) is 1. The molecule has 2 aliphatic rings. The standard InChI is InChI=1S/C28H39N7O3S/c1-19-17-35-25(30-26(19)34-15-12-22(29)18-34)16-24(31-35)20(2)33(3)27(36)28(21-8-6-5-7-9-21)13-10-23(11-14-28)32-39(4,37)38/h5-9,16-17,20,22-23,32H,10-15,18,29H2,1-4H3/t20-,22-,23?,28?/m0/s1. The Morgan fingerprint density at radius 2 is 1.90 bits per heavy atom. The molecule has 0 bridgehead atoms. The molecular weight excluding hydrogens is 514 g/mol. The second-order valence-electron chi connectivity index (χ2n) is 11.3. The van der Waals surface area contributed by atoms with Crippen LogP contribution in [-0.4, -0.2) is 72.3 Å². The molecule has 1 aromatic carbocycles. The van der Waals surface area contributed by atoms with Crippen LogP contribution in [0.25, 0.3) is 5.65 Å². The van der Waals surface area contributed by atoms with Crippen LogP contribution in [0.1, 0.15) is 61.9 Å². The van der Waals surface area contributed by atoms with Gasteiger partial charge >= 0.3 is 0 Å². The molecule has 210 valence electrons. The van der Waals surface area contributed by atoms with Crippen molar-refractivity contribution in [3.63, 3.8) is 0 Å². The largest absolute Gasteiger partial charge is 0.355 e. The van der Waals surface area contributed by atoms with Crippen LogP contribution in [0.15, 0.2) is 42.6 Å². The van der Waals surface area contributed by atoms with Gasteiger partial charge in [0.1, 0.15) is 5.82 Å². The fraction of sp³-hybridized carbons (Fsp3) is 0.536. The first-order valence-electron chi connectivity index (χ1n) is 13.6. The van der Waals surface area contributed by atoms with Crippen molar-refractivity contribution in [3.05, 3.63) is 59.4 Å². The van der Waals surface area contributed by atoms with Gasteiger partial charge in [-0.25, -0.2) is 22.6 Å². The van der Waals surface area contributed by atoms with E-state index in [4.69, 9.17) is 15.8 Å². The second-order valence-corrected chi connectivity index (χ2v) is 13.1. The fourth-order valence-electron chi connectivity index (χ4n) is 6.15. The van der Waals surface area contributed by atoms with Gasteiger partial charge in [-0.3, -0.25) is 4.79 Å². The molecule has 1 aliphatic carbocycles. The maximum Gasteiger partial charge on any atom is 0.233 e. The van der Waals surface area contributed by atoms with Gasteiger partial charge in [0.2, 0.25) is 15.9 Å². The van der Waals surface area contributed by atoms with Crippen molar-refractivity contribution < 1.29 is 13.2 Å². The first-order chi connectivity index (χ1) is 18.5. The smallest absolute Gasteiger partial charge is 0.233 e. The van der Waals surface area contributed by atoms with Crippen molar-refractivity contribution in [2.75, 3.05) is 31.3 Å². The molecule has 3 N–H and O–H groups in total. The van der Waals surface area contributed by atoms with Crippen LogP contribution in [0.5, 0.6) is 0 Å². The molecule has 2 atom stereocenters. The zero-order valence-electron chi connectivity index (χ0n) is 23.2. The number of benzene rings is 1. The predicted octanol–water partition coefficient (Wildman–Crippen LogP) is 2.52. The van der Waals surface area contributed by atoms with Crippen LogP contribution in [-0.2, 0) is 20.2 Å². The van der Waals surface area contributed by atoms with Gasteiger partial charge in [0.15, 0.2) is 5.65 Å². The summed E-state index contributed by atoms with van der Waals surface area (Å²) >= 11 is 0. The highest BCUT2D eigenvalue weighted by molar-refractivity contribution is 7.88. The normalized spacial score (nSPS) is 24.7. The molecule has 2 fully saturated rings. The Kier molecular flexibility index (Phi) is 7.43. The summed E-state index contributed by atoms with van der Waals surface area (Å²) in [5.74, 6) is 0.952. The lowest BCUT2D eigenvalue weighted by Gasteiger charge is -2.42. The molecular formula is C28H39N7O3S. The first kappa shape index (κ1) is 27.5. The van der Waals surface area contributed by atoms with Gasteiger partial charge in [0.25, 0.3) is 0 Å². The Morgan fingerprint density at radius 1 is 1.21 bits per heavy atom. The molecule has 1 saturated carbocycles. The third-order valence-corrected chi connectivity index (χ3v) is 9.19. The number of aryl methyl sites for hydroxylation is 1. The van der Waals surface area contributed by atoms with Crippen molar-refractivity contribution in [3.8, 4) is 0 Å². The molecule has 3 heterocycles. The Balaban J connectivity index is 1.40. The Hall–Kier alpha value is -3.02. The number of aromatic nitrogens is 3. The monoisotopic (exact) mass is 553 g/mol. The topological polar surface area (TPSA) is 126 Å².